The molecule has 96 valence electrons. The summed E-state index contributed by atoms with van der Waals surface area (Å²) in [5.74, 6) is 0.169. The highest BCUT2D eigenvalue weighted by atomic mass is 16.2. The summed E-state index contributed by atoms with van der Waals surface area (Å²) in [5, 5.41) is 3.26. The van der Waals surface area contributed by atoms with E-state index in [4.69, 9.17) is 5.73 Å². The van der Waals surface area contributed by atoms with Crippen molar-refractivity contribution in [1.82, 2.24) is 15.1 Å². The van der Waals surface area contributed by atoms with E-state index in [2.05, 4.69) is 10.2 Å². The first-order chi connectivity index (χ1) is 8.19. The molecule has 1 saturated carbocycles. The van der Waals surface area contributed by atoms with E-state index in [9.17, 15) is 4.79 Å². The van der Waals surface area contributed by atoms with Gasteiger partial charge in [0.15, 0.2) is 0 Å². The molecule has 1 atom stereocenters. The molecule has 2 saturated heterocycles. The van der Waals surface area contributed by atoms with Crippen LogP contribution in [0, 0.1) is 0 Å². The minimum Gasteiger partial charge on any atom is -0.339 e. The second-order valence-corrected chi connectivity index (χ2v) is 5.65. The molecule has 0 bridgehead atoms. The fourth-order valence-electron chi connectivity index (χ4n) is 2.97. The molecule has 0 aromatic heterocycles. The standard InChI is InChI=1S/C12H22N4O/c13-12(3-6-16(9-12)10-1-2-10)11(17)15-7-4-14-5-8-15/h10,14H,1-9,13H2. The van der Waals surface area contributed by atoms with Crippen LogP contribution < -0.4 is 11.1 Å². The lowest BCUT2D eigenvalue weighted by atomic mass is 9.98. The van der Waals surface area contributed by atoms with Gasteiger partial charge < -0.3 is 16.0 Å². The van der Waals surface area contributed by atoms with Crippen LogP contribution in [0.25, 0.3) is 0 Å². The van der Waals surface area contributed by atoms with E-state index in [1.807, 2.05) is 4.90 Å². The van der Waals surface area contributed by atoms with Gasteiger partial charge >= 0.3 is 0 Å². The average molecular weight is 238 g/mol. The molecular formula is C12H22N4O. The van der Waals surface area contributed by atoms with Gasteiger partial charge in [-0.25, -0.2) is 0 Å². The fourth-order valence-corrected chi connectivity index (χ4v) is 2.97. The summed E-state index contributed by atoms with van der Waals surface area (Å²) in [4.78, 5) is 16.8. The normalized spacial score (nSPS) is 35.2. The van der Waals surface area contributed by atoms with Crippen LogP contribution in [0.1, 0.15) is 19.3 Å². The number of carbonyl (C=O) groups is 1. The highest BCUT2D eigenvalue weighted by molar-refractivity contribution is 5.87. The summed E-state index contributed by atoms with van der Waals surface area (Å²) >= 11 is 0. The fraction of sp³-hybridized carbons (Fsp3) is 0.917. The van der Waals surface area contributed by atoms with E-state index in [1.165, 1.54) is 12.8 Å². The van der Waals surface area contributed by atoms with Crippen LogP contribution in [0.15, 0.2) is 0 Å². The molecule has 3 aliphatic rings. The van der Waals surface area contributed by atoms with E-state index < -0.39 is 5.54 Å². The van der Waals surface area contributed by atoms with Gasteiger partial charge in [-0.05, 0) is 19.3 Å². The Morgan fingerprint density at radius 1 is 1.24 bits per heavy atom. The van der Waals surface area contributed by atoms with E-state index >= 15 is 0 Å². The van der Waals surface area contributed by atoms with Crippen LogP contribution in [-0.2, 0) is 4.79 Å². The Kier molecular flexibility index (Phi) is 2.84. The van der Waals surface area contributed by atoms with E-state index in [-0.39, 0.29) is 5.91 Å². The first-order valence-corrected chi connectivity index (χ1v) is 6.72. The maximum atomic E-state index is 12.5. The van der Waals surface area contributed by atoms with E-state index in [0.717, 1.165) is 51.7 Å². The zero-order chi connectivity index (χ0) is 11.9. The maximum absolute atomic E-state index is 12.5. The summed E-state index contributed by atoms with van der Waals surface area (Å²) < 4.78 is 0. The second-order valence-electron chi connectivity index (χ2n) is 5.65. The molecule has 0 radical (unpaired) electrons. The molecule has 3 fully saturated rings. The first-order valence-electron chi connectivity index (χ1n) is 6.72. The summed E-state index contributed by atoms with van der Waals surface area (Å²) in [6, 6.07) is 0.719. The Balaban J connectivity index is 1.63. The van der Waals surface area contributed by atoms with Crippen molar-refractivity contribution < 1.29 is 4.79 Å². The smallest absolute Gasteiger partial charge is 0.244 e. The van der Waals surface area contributed by atoms with Crippen LogP contribution in [0.3, 0.4) is 0 Å². The Labute approximate surface area is 102 Å². The van der Waals surface area contributed by atoms with Crippen LogP contribution in [0.2, 0.25) is 0 Å². The Morgan fingerprint density at radius 2 is 1.94 bits per heavy atom. The van der Waals surface area contributed by atoms with Gasteiger partial charge in [-0.1, -0.05) is 0 Å². The highest BCUT2D eigenvalue weighted by Crippen LogP contribution is 2.33. The quantitative estimate of drug-likeness (QED) is 0.647. The lowest BCUT2D eigenvalue weighted by Crippen LogP contribution is -2.60. The number of likely N-dealkylation sites (tertiary alicyclic amines) is 1. The molecular weight excluding hydrogens is 216 g/mol. The van der Waals surface area contributed by atoms with Crippen molar-refractivity contribution in [3.8, 4) is 0 Å². The molecule has 5 nitrogen and oxygen atoms in total. The average Bonchev–Trinajstić information content (AvgIpc) is 3.13. The molecule has 1 unspecified atom stereocenters. The summed E-state index contributed by atoms with van der Waals surface area (Å²) in [7, 11) is 0. The van der Waals surface area contributed by atoms with Crippen molar-refractivity contribution in [3.63, 3.8) is 0 Å². The molecule has 0 aromatic carbocycles. The van der Waals surface area contributed by atoms with Gasteiger partial charge in [0, 0.05) is 45.3 Å². The molecule has 3 N–H and O–H groups in total. The van der Waals surface area contributed by atoms with Crippen molar-refractivity contribution in [3.05, 3.63) is 0 Å². The number of amides is 1. The SMILES string of the molecule is NC1(C(=O)N2CCNCC2)CCN(C2CC2)C1. The third kappa shape index (κ3) is 2.19. The van der Waals surface area contributed by atoms with Crippen LogP contribution in [0.5, 0.6) is 0 Å². The van der Waals surface area contributed by atoms with Crippen molar-refractivity contribution in [1.29, 1.82) is 0 Å². The number of hydrogen-bond acceptors (Lipinski definition) is 4. The lowest BCUT2D eigenvalue weighted by molar-refractivity contribution is -0.137. The molecule has 3 rings (SSSR count). The molecule has 0 spiro atoms. The van der Waals surface area contributed by atoms with Crippen LogP contribution >= 0.6 is 0 Å². The molecule has 5 heteroatoms. The molecule has 2 heterocycles. The summed E-state index contributed by atoms with van der Waals surface area (Å²) in [5.41, 5.74) is 5.72. The molecule has 1 aliphatic carbocycles. The zero-order valence-corrected chi connectivity index (χ0v) is 10.3. The third-order valence-electron chi connectivity index (χ3n) is 4.22. The molecule has 2 aliphatic heterocycles. The topological polar surface area (TPSA) is 61.6 Å². The van der Waals surface area contributed by atoms with Gasteiger partial charge in [0.05, 0.1) is 0 Å². The minimum absolute atomic E-state index is 0.169. The first kappa shape index (κ1) is 11.4. The highest BCUT2D eigenvalue weighted by Gasteiger charge is 2.46. The minimum atomic E-state index is -0.611. The molecule has 0 aromatic rings. The monoisotopic (exact) mass is 238 g/mol. The van der Waals surface area contributed by atoms with Gasteiger partial charge in [0.1, 0.15) is 5.54 Å². The van der Waals surface area contributed by atoms with Crippen molar-refractivity contribution >= 4 is 5.91 Å². The molecule has 17 heavy (non-hydrogen) atoms. The lowest BCUT2D eigenvalue weighted by Gasteiger charge is -2.34. The van der Waals surface area contributed by atoms with Gasteiger partial charge in [-0.3, -0.25) is 9.69 Å². The summed E-state index contributed by atoms with van der Waals surface area (Å²) in [6.07, 6.45) is 3.40. The predicted molar refractivity (Wildman–Crippen MR) is 65.6 cm³/mol. The predicted octanol–water partition coefficient (Wildman–Crippen LogP) is -1.02. The van der Waals surface area contributed by atoms with E-state index in [1.54, 1.807) is 0 Å². The second kappa shape index (κ2) is 4.23. The van der Waals surface area contributed by atoms with Gasteiger partial charge in [-0.15, -0.1) is 0 Å². The van der Waals surface area contributed by atoms with Gasteiger partial charge in [0.2, 0.25) is 5.91 Å². The van der Waals surface area contributed by atoms with Gasteiger partial charge in [0.25, 0.3) is 0 Å². The van der Waals surface area contributed by atoms with Gasteiger partial charge in [-0.2, -0.15) is 0 Å². The summed E-state index contributed by atoms with van der Waals surface area (Å²) in [6.45, 7) is 5.17. The Morgan fingerprint density at radius 3 is 2.59 bits per heavy atom. The number of nitrogens with two attached hydrogens (primary N) is 1. The van der Waals surface area contributed by atoms with E-state index in [0.29, 0.717) is 0 Å². The molecule has 1 amide bonds. The maximum Gasteiger partial charge on any atom is 0.244 e. The Bertz CT molecular complexity index is 312. The number of carbonyl (C=O) groups excluding carboxylic acids is 1. The third-order valence-corrected chi connectivity index (χ3v) is 4.22. The van der Waals surface area contributed by atoms with Crippen molar-refractivity contribution in [2.45, 2.75) is 30.8 Å². The van der Waals surface area contributed by atoms with Crippen molar-refractivity contribution in [2.24, 2.45) is 5.73 Å². The number of hydrogen-bond donors (Lipinski definition) is 2. The zero-order valence-electron chi connectivity index (χ0n) is 10.3. The number of nitrogens with zero attached hydrogens (tertiary/aromatic N) is 2. The van der Waals surface area contributed by atoms with Crippen molar-refractivity contribution in [2.75, 3.05) is 39.3 Å². The van der Waals surface area contributed by atoms with Crippen LogP contribution in [0.4, 0.5) is 0 Å². The number of rotatable bonds is 2. The number of nitrogens with one attached hydrogen (secondary N) is 1. The largest absolute Gasteiger partial charge is 0.339 e. The van der Waals surface area contributed by atoms with Crippen LogP contribution in [-0.4, -0.2) is 66.6 Å². The number of piperazine rings is 1. The Hall–Kier alpha value is -0.650.